The van der Waals surface area contributed by atoms with Crippen molar-refractivity contribution in [1.29, 1.82) is 0 Å². The van der Waals surface area contributed by atoms with Gasteiger partial charge in [0.25, 0.3) is 0 Å². The molecule has 0 saturated carbocycles. The highest BCUT2D eigenvalue weighted by atomic mass is 19.1. The molecule has 0 spiro atoms. The van der Waals surface area contributed by atoms with Crippen molar-refractivity contribution in [2.45, 2.75) is 45.2 Å². The van der Waals surface area contributed by atoms with Gasteiger partial charge in [0.05, 0.1) is 7.11 Å². The second-order valence-corrected chi connectivity index (χ2v) is 5.88. The molecule has 0 amide bonds. The largest absolute Gasteiger partial charge is 0.494 e. The summed E-state index contributed by atoms with van der Waals surface area (Å²) in [6.07, 6.45) is 5.18. The fourth-order valence-electron chi connectivity index (χ4n) is 2.95. The molecule has 4 heteroatoms. The minimum absolute atomic E-state index is 0.293. The van der Waals surface area contributed by atoms with E-state index >= 15 is 0 Å². The lowest BCUT2D eigenvalue weighted by Crippen LogP contribution is -2.38. The molecule has 3 nitrogen and oxygen atoms in total. The molecule has 0 bridgehead atoms. The van der Waals surface area contributed by atoms with E-state index in [4.69, 9.17) is 4.74 Å². The number of nitrogens with zero attached hydrogens (tertiary/aromatic N) is 1. The fraction of sp³-hybridized carbons (Fsp3) is 0.647. The van der Waals surface area contributed by atoms with Gasteiger partial charge in [-0.1, -0.05) is 12.5 Å². The van der Waals surface area contributed by atoms with Gasteiger partial charge in [0.1, 0.15) is 0 Å². The van der Waals surface area contributed by atoms with Gasteiger partial charge in [-0.05, 0) is 63.5 Å². The van der Waals surface area contributed by atoms with Crippen LogP contribution in [-0.2, 0) is 6.54 Å². The predicted molar refractivity (Wildman–Crippen MR) is 84.2 cm³/mol. The molecule has 1 unspecified atom stereocenters. The minimum Gasteiger partial charge on any atom is -0.494 e. The van der Waals surface area contributed by atoms with Gasteiger partial charge in [-0.2, -0.15) is 0 Å². The molecule has 1 heterocycles. The van der Waals surface area contributed by atoms with Gasteiger partial charge in [0, 0.05) is 12.6 Å². The molecular weight excluding hydrogens is 267 g/mol. The summed E-state index contributed by atoms with van der Waals surface area (Å²) in [7, 11) is 1.48. The van der Waals surface area contributed by atoms with Gasteiger partial charge in [0.15, 0.2) is 11.6 Å². The van der Waals surface area contributed by atoms with Crippen LogP contribution in [0.5, 0.6) is 5.75 Å². The van der Waals surface area contributed by atoms with Crippen LogP contribution in [0, 0.1) is 5.82 Å². The molecule has 0 radical (unpaired) electrons. The molecule has 0 aliphatic carbocycles. The van der Waals surface area contributed by atoms with Gasteiger partial charge < -0.3 is 15.0 Å². The molecule has 2 rings (SSSR count). The van der Waals surface area contributed by atoms with Crippen LogP contribution >= 0.6 is 0 Å². The number of hydrogen-bond acceptors (Lipinski definition) is 3. The molecule has 1 saturated heterocycles. The topological polar surface area (TPSA) is 24.5 Å². The molecule has 21 heavy (non-hydrogen) atoms. The first-order valence-corrected chi connectivity index (χ1v) is 7.98. The Morgan fingerprint density at radius 1 is 1.38 bits per heavy atom. The van der Waals surface area contributed by atoms with Crippen molar-refractivity contribution >= 4 is 0 Å². The first-order chi connectivity index (χ1) is 10.2. The van der Waals surface area contributed by atoms with Crippen molar-refractivity contribution in [2.75, 3.05) is 26.7 Å². The number of likely N-dealkylation sites (tertiary alicyclic amines) is 1. The maximum atomic E-state index is 13.6. The highest BCUT2D eigenvalue weighted by Gasteiger charge is 2.16. The van der Waals surface area contributed by atoms with Crippen molar-refractivity contribution in [2.24, 2.45) is 0 Å². The number of piperidine rings is 1. The van der Waals surface area contributed by atoms with Crippen LogP contribution < -0.4 is 10.1 Å². The highest BCUT2D eigenvalue weighted by molar-refractivity contribution is 5.29. The summed E-state index contributed by atoms with van der Waals surface area (Å²) in [4.78, 5) is 2.58. The molecule has 1 fully saturated rings. The Balaban J connectivity index is 1.64. The summed E-state index contributed by atoms with van der Waals surface area (Å²) in [5.74, 6) is 0.0109. The third kappa shape index (κ3) is 4.97. The Hall–Kier alpha value is -1.13. The smallest absolute Gasteiger partial charge is 0.165 e. The van der Waals surface area contributed by atoms with Gasteiger partial charge in [0.2, 0.25) is 0 Å². The third-order valence-electron chi connectivity index (χ3n) is 4.28. The number of hydrogen-bond donors (Lipinski definition) is 1. The Morgan fingerprint density at radius 3 is 2.95 bits per heavy atom. The van der Waals surface area contributed by atoms with Gasteiger partial charge in [-0.3, -0.25) is 0 Å². The van der Waals surface area contributed by atoms with E-state index in [-0.39, 0.29) is 5.82 Å². The number of nitrogens with one attached hydrogen (secondary N) is 1. The lowest BCUT2D eigenvalue weighted by Gasteiger charge is -2.33. The first-order valence-electron chi connectivity index (χ1n) is 7.98. The van der Waals surface area contributed by atoms with Gasteiger partial charge >= 0.3 is 0 Å². The first kappa shape index (κ1) is 16.2. The summed E-state index contributed by atoms with van der Waals surface area (Å²) in [5.41, 5.74) is 0.958. The summed E-state index contributed by atoms with van der Waals surface area (Å²) >= 11 is 0. The molecule has 118 valence electrons. The van der Waals surface area contributed by atoms with E-state index in [0.29, 0.717) is 12.3 Å². The number of halogens is 1. The summed E-state index contributed by atoms with van der Waals surface area (Å²) in [5, 5.41) is 3.39. The van der Waals surface area contributed by atoms with Gasteiger partial charge in [-0.25, -0.2) is 4.39 Å². The molecular formula is C17H27FN2O. The van der Waals surface area contributed by atoms with E-state index in [1.165, 1.54) is 32.9 Å². The Bertz CT molecular complexity index is 439. The SMILES string of the molecule is COc1ccc(CNCCCN2CCCCC2C)cc1F. The molecule has 1 aromatic carbocycles. The number of ether oxygens (including phenoxy) is 1. The average Bonchev–Trinajstić information content (AvgIpc) is 2.49. The van der Waals surface area contributed by atoms with Crippen molar-refractivity contribution in [1.82, 2.24) is 10.2 Å². The maximum Gasteiger partial charge on any atom is 0.165 e. The quantitative estimate of drug-likeness (QED) is 0.782. The van der Waals surface area contributed by atoms with E-state index in [0.717, 1.165) is 31.1 Å². The van der Waals surface area contributed by atoms with Crippen molar-refractivity contribution in [3.8, 4) is 5.75 Å². The van der Waals surface area contributed by atoms with Crippen molar-refractivity contribution < 1.29 is 9.13 Å². The molecule has 1 aromatic rings. The van der Waals surface area contributed by atoms with Crippen LogP contribution in [0.2, 0.25) is 0 Å². The second-order valence-electron chi connectivity index (χ2n) is 5.88. The Morgan fingerprint density at radius 2 is 2.24 bits per heavy atom. The zero-order valence-corrected chi connectivity index (χ0v) is 13.2. The summed E-state index contributed by atoms with van der Waals surface area (Å²) in [6.45, 7) is 6.40. The summed E-state index contributed by atoms with van der Waals surface area (Å²) < 4.78 is 18.5. The molecule has 0 aromatic heterocycles. The lowest BCUT2D eigenvalue weighted by molar-refractivity contribution is 0.159. The normalized spacial score (nSPS) is 19.7. The zero-order chi connectivity index (χ0) is 15.1. The monoisotopic (exact) mass is 294 g/mol. The Kier molecular flexibility index (Phi) is 6.46. The van der Waals surface area contributed by atoms with Crippen LogP contribution in [0.25, 0.3) is 0 Å². The van der Waals surface area contributed by atoms with Crippen LogP contribution in [0.4, 0.5) is 4.39 Å². The number of rotatable bonds is 7. The van der Waals surface area contributed by atoms with Crippen LogP contribution in [0.3, 0.4) is 0 Å². The minimum atomic E-state index is -0.293. The molecule has 1 N–H and O–H groups in total. The van der Waals surface area contributed by atoms with E-state index in [9.17, 15) is 4.39 Å². The van der Waals surface area contributed by atoms with Gasteiger partial charge in [-0.15, -0.1) is 0 Å². The number of methoxy groups -OCH3 is 1. The molecule has 1 aliphatic rings. The van der Waals surface area contributed by atoms with Crippen LogP contribution in [0.1, 0.15) is 38.2 Å². The molecule has 1 atom stereocenters. The van der Waals surface area contributed by atoms with E-state index in [1.54, 1.807) is 12.1 Å². The van der Waals surface area contributed by atoms with E-state index < -0.39 is 0 Å². The summed E-state index contributed by atoms with van der Waals surface area (Å²) in [6, 6.07) is 5.86. The molecule has 1 aliphatic heterocycles. The maximum absolute atomic E-state index is 13.6. The number of benzene rings is 1. The highest BCUT2D eigenvalue weighted by Crippen LogP contribution is 2.18. The zero-order valence-electron chi connectivity index (χ0n) is 13.2. The third-order valence-corrected chi connectivity index (χ3v) is 4.28. The van der Waals surface area contributed by atoms with Crippen LogP contribution in [-0.4, -0.2) is 37.7 Å². The standard InChI is InChI=1S/C17H27FN2O/c1-14-6-3-4-10-20(14)11-5-9-19-13-15-7-8-17(21-2)16(18)12-15/h7-8,12,14,19H,3-6,9-11,13H2,1-2H3. The van der Waals surface area contributed by atoms with Crippen molar-refractivity contribution in [3.05, 3.63) is 29.6 Å². The fourth-order valence-corrected chi connectivity index (χ4v) is 2.95. The van der Waals surface area contributed by atoms with E-state index in [1.807, 2.05) is 6.07 Å². The van der Waals surface area contributed by atoms with E-state index in [2.05, 4.69) is 17.1 Å². The lowest BCUT2D eigenvalue weighted by atomic mass is 10.0. The average molecular weight is 294 g/mol. The predicted octanol–water partition coefficient (Wildman–Crippen LogP) is 3.19. The second kappa shape index (κ2) is 8.35. The van der Waals surface area contributed by atoms with Crippen molar-refractivity contribution in [3.63, 3.8) is 0 Å². The van der Waals surface area contributed by atoms with Crippen LogP contribution in [0.15, 0.2) is 18.2 Å². The Labute approximate surface area is 127 Å².